The fourth-order valence-electron chi connectivity index (χ4n) is 2.82. The summed E-state index contributed by atoms with van der Waals surface area (Å²) in [6.45, 7) is 9.09. The minimum Gasteiger partial charge on any atom is -0.432 e. The van der Waals surface area contributed by atoms with Gasteiger partial charge in [0.25, 0.3) is 5.91 Å². The fraction of sp³-hybridized carbons (Fsp3) is 0.136. The zero-order valence-corrected chi connectivity index (χ0v) is 20.8. The Balaban J connectivity index is 0.00000341. The molecule has 0 radical (unpaired) electrons. The zero-order valence-electron chi connectivity index (χ0n) is 17.1. The van der Waals surface area contributed by atoms with E-state index in [0.717, 1.165) is 11.4 Å². The van der Waals surface area contributed by atoms with Gasteiger partial charge in [-0.25, -0.2) is 4.98 Å². The Labute approximate surface area is 201 Å². The van der Waals surface area contributed by atoms with Gasteiger partial charge in [0.1, 0.15) is 5.02 Å². The first-order valence-corrected chi connectivity index (χ1v) is 9.74. The van der Waals surface area contributed by atoms with Gasteiger partial charge in [-0.05, 0) is 36.4 Å². The summed E-state index contributed by atoms with van der Waals surface area (Å²) in [5.74, 6) is 0.556. The van der Waals surface area contributed by atoms with Crippen molar-refractivity contribution in [2.75, 3.05) is 35.7 Å². The van der Waals surface area contributed by atoms with Gasteiger partial charge >= 0.3 is 21.1 Å². The minimum atomic E-state index is -0.208. The number of anilines is 5. The van der Waals surface area contributed by atoms with E-state index in [4.69, 9.17) is 11.6 Å². The molecule has 1 amide bonds. The normalized spacial score (nSPS) is 10.1. The second kappa shape index (κ2) is 11.7. The molecule has 3 rings (SSSR count). The maximum atomic E-state index is 12.1. The molecule has 0 fully saturated rings. The third-order valence-corrected chi connectivity index (χ3v) is 4.70. The molecule has 1 aromatic heterocycles. The van der Waals surface area contributed by atoms with Gasteiger partial charge in [-0.15, -0.1) is 13.1 Å². The van der Waals surface area contributed by atoms with Crippen molar-refractivity contribution in [2.24, 2.45) is 0 Å². The number of hydrogen-bond acceptors (Lipinski definition) is 6. The third-order valence-electron chi connectivity index (χ3n) is 4.42. The number of carbonyl (C=O) groups is 1. The number of halogens is 1. The van der Waals surface area contributed by atoms with Crippen molar-refractivity contribution in [3.63, 3.8) is 0 Å². The summed E-state index contributed by atoms with van der Waals surface area (Å²) in [4.78, 5) is 22.8. The van der Waals surface area contributed by atoms with Crippen molar-refractivity contribution >= 4 is 46.3 Å². The Bertz CT molecular complexity index is 1010. The molecule has 160 valence electrons. The molecule has 3 aromatic rings. The molecule has 0 bridgehead atoms. The van der Waals surface area contributed by atoms with Crippen LogP contribution in [0.4, 0.5) is 28.8 Å². The van der Waals surface area contributed by atoms with Crippen LogP contribution in [0.1, 0.15) is 10.4 Å². The molecular weight excluding hydrogens is 584 g/mol. The molecule has 0 saturated heterocycles. The zero-order chi connectivity index (χ0) is 21.5. The average Bonchev–Trinajstić information content (AvgIpc) is 2.78. The summed E-state index contributed by atoms with van der Waals surface area (Å²) in [5, 5.41) is 9.23. The Hall–Kier alpha value is -2.63. The van der Waals surface area contributed by atoms with E-state index in [1.807, 2.05) is 30.3 Å². The first kappa shape index (κ1) is 24.6. The summed E-state index contributed by atoms with van der Waals surface area (Å²) < 4.78 is 0. The van der Waals surface area contributed by atoms with E-state index in [1.54, 1.807) is 25.2 Å². The number of rotatable bonds is 8. The van der Waals surface area contributed by atoms with E-state index < -0.39 is 0 Å². The van der Waals surface area contributed by atoms with Crippen molar-refractivity contribution < 1.29 is 25.9 Å². The van der Waals surface area contributed by atoms with Crippen molar-refractivity contribution in [1.29, 1.82) is 0 Å². The van der Waals surface area contributed by atoms with Crippen molar-refractivity contribution in [3.05, 3.63) is 79.2 Å². The molecule has 0 spiro atoms. The number of aromatic nitrogens is 2. The standard InChI is InChI=1S/C22H23ClN6O.W/c1-4-29(5-2)16-12-10-15(11-13-16)26-22-25-14-18(23)20(28-22)27-19-9-7-6-8-17(19)21(30)24-3;/h6-14H,1-2,4-5H2,3H3,(H,24,30)(H2,25,26,27,28);/q-2;+2. The van der Waals surface area contributed by atoms with Crippen LogP contribution in [0.3, 0.4) is 0 Å². The first-order chi connectivity index (χ1) is 14.5. The fourth-order valence-corrected chi connectivity index (χ4v) is 2.96. The van der Waals surface area contributed by atoms with Crippen LogP contribution in [-0.2, 0) is 21.1 Å². The van der Waals surface area contributed by atoms with Crippen LogP contribution in [0.2, 0.25) is 5.02 Å². The van der Waals surface area contributed by atoms with E-state index in [1.165, 1.54) is 6.20 Å². The van der Waals surface area contributed by atoms with E-state index in [-0.39, 0.29) is 27.0 Å². The van der Waals surface area contributed by atoms with Gasteiger partial charge in [-0.2, -0.15) is 4.98 Å². The van der Waals surface area contributed by atoms with Crippen LogP contribution in [0.25, 0.3) is 0 Å². The molecule has 2 aromatic carbocycles. The number of nitrogens with one attached hydrogen (secondary N) is 3. The Morgan fingerprint density at radius 1 is 1.06 bits per heavy atom. The molecule has 0 saturated carbocycles. The molecule has 7 nitrogen and oxygen atoms in total. The molecule has 0 atom stereocenters. The summed E-state index contributed by atoms with van der Waals surface area (Å²) >= 11 is 6.27. The topological polar surface area (TPSA) is 82.2 Å². The molecule has 3 N–H and O–H groups in total. The minimum absolute atomic E-state index is 0. The number of benzene rings is 2. The summed E-state index contributed by atoms with van der Waals surface area (Å²) in [7, 11) is 1.58. The Morgan fingerprint density at radius 2 is 1.74 bits per heavy atom. The van der Waals surface area contributed by atoms with Crippen LogP contribution in [0, 0.1) is 13.8 Å². The number of nitrogens with zero attached hydrogens (tertiary/aromatic N) is 3. The van der Waals surface area contributed by atoms with E-state index >= 15 is 0 Å². The average molecular weight is 607 g/mol. The number of amides is 1. The maximum Gasteiger partial charge on any atom is 2.00 e. The van der Waals surface area contributed by atoms with E-state index in [2.05, 4.69) is 44.7 Å². The van der Waals surface area contributed by atoms with Gasteiger partial charge in [0.05, 0.1) is 17.4 Å². The smallest absolute Gasteiger partial charge is 0.432 e. The summed E-state index contributed by atoms with van der Waals surface area (Å²) in [6.07, 6.45) is 1.50. The molecular formula is C22H23ClN6OW. The number of carbonyl (C=O) groups excluding carboxylic acids is 1. The summed E-state index contributed by atoms with van der Waals surface area (Å²) in [5.41, 5.74) is 2.94. The van der Waals surface area contributed by atoms with Gasteiger partial charge in [0.15, 0.2) is 5.82 Å². The van der Waals surface area contributed by atoms with Crippen LogP contribution < -0.4 is 20.9 Å². The van der Waals surface area contributed by atoms with Gasteiger partial charge in [0.2, 0.25) is 5.95 Å². The largest absolute Gasteiger partial charge is 2.00 e. The monoisotopic (exact) mass is 606 g/mol. The Morgan fingerprint density at radius 3 is 2.39 bits per heavy atom. The van der Waals surface area contributed by atoms with Gasteiger partial charge in [-0.1, -0.05) is 23.7 Å². The molecule has 1 heterocycles. The first-order valence-electron chi connectivity index (χ1n) is 9.37. The van der Waals surface area contributed by atoms with Crippen LogP contribution in [-0.4, -0.2) is 36.0 Å². The second-order valence-electron chi connectivity index (χ2n) is 6.30. The molecule has 0 aliphatic heterocycles. The molecule has 0 unspecified atom stereocenters. The number of para-hydroxylation sites is 1. The molecule has 31 heavy (non-hydrogen) atoms. The van der Waals surface area contributed by atoms with Crippen LogP contribution >= 0.6 is 11.6 Å². The predicted molar refractivity (Wildman–Crippen MR) is 123 cm³/mol. The van der Waals surface area contributed by atoms with Gasteiger partial charge < -0.3 is 34.7 Å². The maximum absolute atomic E-state index is 12.1. The van der Waals surface area contributed by atoms with Gasteiger partial charge in [0, 0.05) is 18.4 Å². The van der Waals surface area contributed by atoms with Gasteiger partial charge in [-0.3, -0.25) is 4.79 Å². The Kier molecular flexibility index (Phi) is 9.28. The number of hydrogen-bond donors (Lipinski definition) is 3. The molecule has 0 aliphatic rings. The molecule has 0 aliphatic carbocycles. The quantitative estimate of drug-likeness (QED) is 0.329. The molecule has 9 heteroatoms. The van der Waals surface area contributed by atoms with Crippen LogP contribution in [0.5, 0.6) is 0 Å². The second-order valence-corrected chi connectivity index (χ2v) is 6.71. The van der Waals surface area contributed by atoms with Crippen molar-refractivity contribution in [3.8, 4) is 0 Å². The van der Waals surface area contributed by atoms with Crippen LogP contribution in [0.15, 0.2) is 54.7 Å². The van der Waals surface area contributed by atoms with Crippen molar-refractivity contribution in [1.82, 2.24) is 15.3 Å². The van der Waals surface area contributed by atoms with E-state index in [9.17, 15) is 4.79 Å². The van der Waals surface area contributed by atoms with Crippen molar-refractivity contribution in [2.45, 2.75) is 0 Å². The van der Waals surface area contributed by atoms with E-state index in [0.29, 0.717) is 41.1 Å². The third kappa shape index (κ3) is 6.18. The summed E-state index contributed by atoms with van der Waals surface area (Å²) in [6, 6.07) is 14.9. The SMILES string of the molecule is [CH2-]CN(C[CH2-])c1ccc(Nc2ncc(Cl)c(Nc3ccccc3C(=O)NC)n2)cc1.[W+2]. The predicted octanol–water partition coefficient (Wildman–Crippen LogP) is 4.45.